The van der Waals surface area contributed by atoms with Gasteiger partial charge in [0, 0.05) is 29.3 Å². The van der Waals surface area contributed by atoms with Crippen LogP contribution < -0.4 is 10.1 Å². The zero-order chi connectivity index (χ0) is 26.1. The van der Waals surface area contributed by atoms with Gasteiger partial charge in [-0.2, -0.15) is 0 Å². The van der Waals surface area contributed by atoms with Crippen LogP contribution in [0.5, 0.6) is 11.5 Å². The number of ether oxygens (including phenoxy) is 2. The van der Waals surface area contributed by atoms with E-state index in [0.29, 0.717) is 35.2 Å². The largest absolute Gasteiger partial charge is 0.503 e. The van der Waals surface area contributed by atoms with E-state index in [1.807, 2.05) is 37.3 Å². The summed E-state index contributed by atoms with van der Waals surface area (Å²) in [6.07, 6.45) is 5.79. The monoisotopic (exact) mass is 521 g/mol. The number of nitrogens with one attached hydrogen (secondary N) is 1. The highest BCUT2D eigenvalue weighted by Crippen LogP contribution is 2.48. The first-order chi connectivity index (χ1) is 17.9. The van der Waals surface area contributed by atoms with Crippen molar-refractivity contribution in [3.8, 4) is 11.5 Å². The molecule has 0 saturated heterocycles. The lowest BCUT2D eigenvalue weighted by Crippen LogP contribution is -2.37. The summed E-state index contributed by atoms with van der Waals surface area (Å²) in [5, 5.41) is 13.8. The van der Waals surface area contributed by atoms with E-state index in [1.54, 1.807) is 12.1 Å². The molecule has 7 heteroatoms. The highest BCUT2D eigenvalue weighted by Gasteiger charge is 2.42. The van der Waals surface area contributed by atoms with E-state index >= 15 is 0 Å². The number of aromatic hydroxyl groups is 1. The second kappa shape index (κ2) is 10.6. The molecule has 1 aliphatic heterocycles. The fraction of sp³-hybridized carbons (Fsp3) is 0.400. The number of carbonyl (C=O) groups is 2. The number of carbonyl (C=O) groups excluding carboxylic acids is 2. The Bertz CT molecular complexity index is 1280. The number of rotatable bonds is 5. The minimum absolute atomic E-state index is 0.0220. The van der Waals surface area contributed by atoms with Gasteiger partial charge in [-0.05, 0) is 68.2 Å². The van der Waals surface area contributed by atoms with Crippen molar-refractivity contribution in [2.75, 3.05) is 7.11 Å². The van der Waals surface area contributed by atoms with E-state index in [1.165, 1.54) is 7.11 Å². The van der Waals surface area contributed by atoms with E-state index in [9.17, 15) is 14.7 Å². The summed E-state index contributed by atoms with van der Waals surface area (Å²) in [5.41, 5.74) is 4.14. The molecule has 1 heterocycles. The molecular formula is C30H32ClNO5. The Morgan fingerprint density at radius 3 is 2.49 bits per heavy atom. The van der Waals surface area contributed by atoms with Crippen LogP contribution in [0.25, 0.3) is 0 Å². The number of halogens is 1. The van der Waals surface area contributed by atoms with Crippen molar-refractivity contribution in [2.24, 2.45) is 0 Å². The van der Waals surface area contributed by atoms with Crippen LogP contribution in [0, 0.1) is 0 Å². The number of hydrogen-bond acceptors (Lipinski definition) is 6. The molecule has 3 aliphatic rings. The molecule has 6 nitrogen and oxygen atoms in total. The normalized spacial score (nSPS) is 22.4. The van der Waals surface area contributed by atoms with Crippen LogP contribution in [-0.4, -0.2) is 30.1 Å². The molecule has 2 aliphatic carbocycles. The van der Waals surface area contributed by atoms with Crippen LogP contribution in [-0.2, 0) is 14.3 Å². The summed E-state index contributed by atoms with van der Waals surface area (Å²) in [6.45, 7) is 1.85. The Kier molecular flexibility index (Phi) is 7.29. The van der Waals surface area contributed by atoms with Gasteiger partial charge in [-0.25, -0.2) is 4.79 Å². The minimum atomic E-state index is -0.677. The SMILES string of the molecule is COc1cc([C@H]2C(C(=O)OC3CCCCC3)=C(C)NC3=C2C(=O)C[C@H](c2ccccc2)C3)cc(Cl)c1O. The van der Waals surface area contributed by atoms with Crippen LogP contribution in [0.3, 0.4) is 0 Å². The van der Waals surface area contributed by atoms with Crippen molar-refractivity contribution in [3.63, 3.8) is 0 Å². The zero-order valence-electron chi connectivity index (χ0n) is 21.2. The summed E-state index contributed by atoms with van der Waals surface area (Å²) in [7, 11) is 1.44. The smallest absolute Gasteiger partial charge is 0.337 e. The Morgan fingerprint density at radius 1 is 1.05 bits per heavy atom. The standard InChI is InChI=1S/C30H32ClNO5/c1-17-26(30(35)37-21-11-7-4-8-12-21)27(20-13-22(31)29(34)25(16-20)36-2)28-23(32-17)14-19(15-24(28)33)18-9-5-3-6-10-18/h3,5-6,9-10,13,16,19,21,27,32,34H,4,7-8,11-12,14-15H2,1-2H3/t19-,27+/m1/s1. The van der Waals surface area contributed by atoms with E-state index in [2.05, 4.69) is 5.32 Å². The second-order valence-corrected chi connectivity index (χ2v) is 10.6. The molecule has 1 fully saturated rings. The second-order valence-electron chi connectivity index (χ2n) is 10.1. The maximum Gasteiger partial charge on any atom is 0.337 e. The topological polar surface area (TPSA) is 84.9 Å². The van der Waals surface area contributed by atoms with Gasteiger partial charge in [-0.3, -0.25) is 4.79 Å². The molecule has 194 valence electrons. The van der Waals surface area contributed by atoms with Crippen LogP contribution in [0.15, 0.2) is 65.0 Å². The Morgan fingerprint density at radius 2 is 1.78 bits per heavy atom. The number of benzene rings is 2. The van der Waals surface area contributed by atoms with Gasteiger partial charge >= 0.3 is 5.97 Å². The van der Waals surface area contributed by atoms with Crippen molar-refractivity contribution < 1.29 is 24.2 Å². The van der Waals surface area contributed by atoms with E-state index in [0.717, 1.165) is 43.4 Å². The van der Waals surface area contributed by atoms with E-state index in [4.69, 9.17) is 21.1 Å². The summed E-state index contributed by atoms with van der Waals surface area (Å²) >= 11 is 6.37. The molecule has 0 spiro atoms. The third-order valence-electron chi connectivity index (χ3n) is 7.75. The lowest BCUT2D eigenvalue weighted by atomic mass is 9.71. The fourth-order valence-corrected chi connectivity index (χ4v) is 6.14. The zero-order valence-corrected chi connectivity index (χ0v) is 21.9. The molecule has 5 rings (SSSR count). The summed E-state index contributed by atoms with van der Waals surface area (Å²) < 4.78 is 11.3. The molecule has 37 heavy (non-hydrogen) atoms. The Hall–Kier alpha value is -3.25. The Balaban J connectivity index is 1.58. The molecule has 2 aromatic carbocycles. The summed E-state index contributed by atoms with van der Waals surface area (Å²) in [6, 6.07) is 13.3. The van der Waals surface area contributed by atoms with Gasteiger partial charge in [-0.15, -0.1) is 0 Å². The highest BCUT2D eigenvalue weighted by molar-refractivity contribution is 6.32. The predicted octanol–water partition coefficient (Wildman–Crippen LogP) is 6.29. The first kappa shape index (κ1) is 25.4. The lowest BCUT2D eigenvalue weighted by Gasteiger charge is -2.37. The lowest BCUT2D eigenvalue weighted by molar-refractivity contribution is -0.146. The number of esters is 1. The van der Waals surface area contributed by atoms with E-state index in [-0.39, 0.29) is 34.3 Å². The van der Waals surface area contributed by atoms with Crippen LogP contribution in [0.4, 0.5) is 0 Å². The van der Waals surface area contributed by atoms with Crippen molar-refractivity contribution in [3.05, 3.63) is 81.2 Å². The van der Waals surface area contributed by atoms with Gasteiger partial charge in [0.1, 0.15) is 6.10 Å². The maximum atomic E-state index is 13.8. The van der Waals surface area contributed by atoms with Gasteiger partial charge in [0.25, 0.3) is 0 Å². The Labute approximate surface area is 222 Å². The van der Waals surface area contributed by atoms with Gasteiger partial charge in [-0.1, -0.05) is 48.4 Å². The molecule has 0 aromatic heterocycles. The quantitative estimate of drug-likeness (QED) is 0.450. The average Bonchev–Trinajstić information content (AvgIpc) is 2.90. The van der Waals surface area contributed by atoms with Crippen molar-refractivity contribution >= 4 is 23.4 Å². The molecule has 2 atom stereocenters. The number of phenols is 1. The predicted molar refractivity (Wildman–Crippen MR) is 142 cm³/mol. The van der Waals surface area contributed by atoms with Crippen LogP contribution in [0.1, 0.15) is 74.8 Å². The van der Waals surface area contributed by atoms with Gasteiger partial charge in [0.05, 0.1) is 17.7 Å². The third-order valence-corrected chi connectivity index (χ3v) is 8.04. The first-order valence-corrected chi connectivity index (χ1v) is 13.3. The number of allylic oxidation sites excluding steroid dienone is 3. The van der Waals surface area contributed by atoms with Crippen LogP contribution >= 0.6 is 11.6 Å². The molecule has 0 radical (unpaired) electrons. The van der Waals surface area contributed by atoms with Crippen molar-refractivity contribution in [2.45, 2.75) is 69.8 Å². The first-order valence-electron chi connectivity index (χ1n) is 12.9. The fourth-order valence-electron chi connectivity index (χ4n) is 5.92. The molecule has 0 unspecified atom stereocenters. The molecule has 1 saturated carbocycles. The number of methoxy groups -OCH3 is 1. The molecule has 0 amide bonds. The van der Waals surface area contributed by atoms with Crippen molar-refractivity contribution in [1.29, 1.82) is 0 Å². The molecular weight excluding hydrogens is 490 g/mol. The highest BCUT2D eigenvalue weighted by atomic mass is 35.5. The number of Topliss-reactive ketones (excluding diaryl/α,β-unsaturated/α-hetero) is 1. The van der Waals surface area contributed by atoms with Gasteiger partial charge < -0.3 is 19.9 Å². The van der Waals surface area contributed by atoms with E-state index < -0.39 is 11.9 Å². The number of ketones is 1. The summed E-state index contributed by atoms with van der Waals surface area (Å²) in [5.74, 6) is -1.07. The maximum absolute atomic E-state index is 13.8. The molecule has 2 N–H and O–H groups in total. The summed E-state index contributed by atoms with van der Waals surface area (Å²) in [4.78, 5) is 27.4. The van der Waals surface area contributed by atoms with Crippen LogP contribution in [0.2, 0.25) is 5.02 Å². The minimum Gasteiger partial charge on any atom is -0.503 e. The van der Waals surface area contributed by atoms with Gasteiger partial charge in [0.15, 0.2) is 17.3 Å². The van der Waals surface area contributed by atoms with Crippen molar-refractivity contribution in [1.82, 2.24) is 5.32 Å². The molecule has 2 aromatic rings. The molecule has 0 bridgehead atoms. The van der Waals surface area contributed by atoms with Gasteiger partial charge in [0.2, 0.25) is 0 Å². The average molecular weight is 522 g/mol. The number of phenolic OH excluding ortho intramolecular Hbond substituents is 1. The third kappa shape index (κ3) is 4.99. The number of hydrogen-bond donors (Lipinski definition) is 2. The number of dihydropyridines is 1.